The molecule has 0 atom stereocenters. The van der Waals surface area contributed by atoms with Crippen molar-refractivity contribution >= 4 is 15.9 Å². The van der Waals surface area contributed by atoms with Crippen LogP contribution in [0, 0.1) is 19.3 Å². The van der Waals surface area contributed by atoms with E-state index in [2.05, 4.69) is 31.2 Å². The molecule has 24 heavy (non-hydrogen) atoms. The van der Waals surface area contributed by atoms with Crippen LogP contribution in [0.25, 0.3) is 0 Å². The number of amides is 1. The molecular formula is C14H20N6O3S. The molecule has 2 N–H and O–H groups in total. The Morgan fingerprint density at radius 1 is 1.42 bits per heavy atom. The fourth-order valence-electron chi connectivity index (χ4n) is 2.02. The van der Waals surface area contributed by atoms with Gasteiger partial charge in [0.05, 0.1) is 6.54 Å². The van der Waals surface area contributed by atoms with Crippen molar-refractivity contribution in [2.75, 3.05) is 13.1 Å². The lowest BCUT2D eigenvalue weighted by Crippen LogP contribution is -2.38. The molecule has 0 saturated carbocycles. The Balaban J connectivity index is 1.74. The summed E-state index contributed by atoms with van der Waals surface area (Å²) < 4.78 is 27.9. The third-order valence-electron chi connectivity index (χ3n) is 3.68. The molecule has 0 aliphatic carbocycles. The first-order valence-corrected chi connectivity index (χ1v) is 8.90. The van der Waals surface area contributed by atoms with Crippen molar-refractivity contribution in [1.29, 1.82) is 0 Å². The van der Waals surface area contributed by atoms with Gasteiger partial charge in [0.2, 0.25) is 5.91 Å². The second-order valence-electron chi connectivity index (χ2n) is 5.55. The van der Waals surface area contributed by atoms with Crippen LogP contribution >= 0.6 is 0 Å². The van der Waals surface area contributed by atoms with Gasteiger partial charge in [0.25, 0.3) is 10.0 Å². The maximum Gasteiger partial charge on any atom is 0.260 e. The molecule has 10 heteroatoms. The molecule has 130 valence electrons. The molecule has 0 bridgehead atoms. The van der Waals surface area contributed by atoms with E-state index in [-0.39, 0.29) is 11.6 Å². The summed E-state index contributed by atoms with van der Waals surface area (Å²) in [4.78, 5) is 15.7. The Kier molecular flexibility index (Phi) is 5.36. The lowest BCUT2D eigenvalue weighted by molar-refractivity contribution is -0.119. The van der Waals surface area contributed by atoms with Crippen LogP contribution in [0.4, 0.5) is 0 Å². The fourth-order valence-corrected chi connectivity index (χ4v) is 3.04. The van der Waals surface area contributed by atoms with E-state index < -0.39 is 21.6 Å². The number of aromatic nitrogens is 2. The predicted molar refractivity (Wildman–Crippen MR) is 86.4 cm³/mol. The normalized spacial score (nSPS) is 15.0. The van der Waals surface area contributed by atoms with Crippen molar-refractivity contribution in [2.45, 2.75) is 36.9 Å². The number of hydrogen-bond donors (Lipinski definition) is 2. The van der Waals surface area contributed by atoms with Crippen LogP contribution in [0.5, 0.6) is 0 Å². The van der Waals surface area contributed by atoms with E-state index in [9.17, 15) is 13.2 Å². The number of rotatable bonds is 9. The van der Waals surface area contributed by atoms with Gasteiger partial charge in [0.15, 0.2) is 10.7 Å². The molecule has 9 nitrogen and oxygen atoms in total. The summed E-state index contributed by atoms with van der Waals surface area (Å²) in [7, 11) is -2.12. The smallest absolute Gasteiger partial charge is 0.260 e. The number of imidazole rings is 1. The molecule has 1 amide bonds. The number of terminal acetylenes is 1. The van der Waals surface area contributed by atoms with Crippen LogP contribution in [-0.2, 0) is 21.9 Å². The number of nitrogens with zero attached hydrogens (tertiary/aromatic N) is 4. The Morgan fingerprint density at radius 3 is 2.67 bits per heavy atom. The summed E-state index contributed by atoms with van der Waals surface area (Å²) in [6, 6.07) is 0. The standard InChI is InChI=1S/C14H20N6O3S/c1-4-5-6-14(18-19-14)7-8-15-12(21)9-16-24(22,23)13-10-20(3)11(2)17-13/h1,10,16H,5-9H2,2-3H3,(H,15,21). The van der Waals surface area contributed by atoms with Gasteiger partial charge in [-0.3, -0.25) is 4.79 Å². The van der Waals surface area contributed by atoms with Crippen LogP contribution in [0.2, 0.25) is 0 Å². The summed E-state index contributed by atoms with van der Waals surface area (Å²) in [5.74, 6) is 2.66. The molecule has 1 aromatic heterocycles. The minimum Gasteiger partial charge on any atom is -0.355 e. The van der Waals surface area contributed by atoms with Crippen LogP contribution in [0.3, 0.4) is 0 Å². The SMILES string of the molecule is C#CCCC1(CCNC(=O)CNS(=O)(=O)c2cn(C)c(C)n2)N=N1. The fraction of sp³-hybridized carbons (Fsp3) is 0.571. The lowest BCUT2D eigenvalue weighted by atomic mass is 10.0. The summed E-state index contributed by atoms with van der Waals surface area (Å²) in [5, 5.41) is 10.4. The monoisotopic (exact) mass is 352 g/mol. The molecule has 1 aliphatic rings. The predicted octanol–water partition coefficient (Wildman–Crippen LogP) is 0.0886. The molecule has 0 aromatic carbocycles. The van der Waals surface area contributed by atoms with Gasteiger partial charge in [-0.2, -0.15) is 10.2 Å². The zero-order chi connectivity index (χ0) is 17.8. The summed E-state index contributed by atoms with van der Waals surface area (Å²) in [5.41, 5.74) is -0.468. The molecule has 1 aromatic rings. The molecular weight excluding hydrogens is 332 g/mol. The first-order valence-electron chi connectivity index (χ1n) is 7.42. The Hall–Kier alpha value is -2.25. The molecule has 1 aliphatic heterocycles. The maximum atomic E-state index is 12.0. The quantitative estimate of drug-likeness (QED) is 0.612. The van der Waals surface area contributed by atoms with Crippen molar-refractivity contribution < 1.29 is 13.2 Å². The van der Waals surface area contributed by atoms with Crippen LogP contribution in [0.15, 0.2) is 21.5 Å². The average Bonchev–Trinajstić information content (AvgIpc) is 3.22. The number of carbonyl (C=O) groups is 1. The second-order valence-corrected chi connectivity index (χ2v) is 7.26. The van der Waals surface area contributed by atoms with Gasteiger partial charge < -0.3 is 9.88 Å². The van der Waals surface area contributed by atoms with Gasteiger partial charge in [-0.15, -0.1) is 12.3 Å². The van der Waals surface area contributed by atoms with E-state index in [1.54, 1.807) is 18.5 Å². The van der Waals surface area contributed by atoms with Gasteiger partial charge in [0, 0.05) is 39.1 Å². The van der Waals surface area contributed by atoms with E-state index in [0.29, 0.717) is 31.6 Å². The molecule has 0 radical (unpaired) electrons. The first kappa shape index (κ1) is 18.1. The van der Waals surface area contributed by atoms with Crippen molar-refractivity contribution in [3.05, 3.63) is 12.0 Å². The van der Waals surface area contributed by atoms with Crippen molar-refractivity contribution in [1.82, 2.24) is 19.6 Å². The molecule has 2 heterocycles. The Morgan fingerprint density at radius 2 is 2.12 bits per heavy atom. The highest BCUT2D eigenvalue weighted by Gasteiger charge is 2.38. The zero-order valence-corrected chi connectivity index (χ0v) is 14.4. The highest BCUT2D eigenvalue weighted by molar-refractivity contribution is 7.89. The highest BCUT2D eigenvalue weighted by Crippen LogP contribution is 2.35. The highest BCUT2D eigenvalue weighted by atomic mass is 32.2. The van der Waals surface area contributed by atoms with Crippen molar-refractivity contribution in [2.24, 2.45) is 17.3 Å². The van der Waals surface area contributed by atoms with E-state index in [4.69, 9.17) is 6.42 Å². The Bertz CT molecular complexity index is 764. The third kappa shape index (κ3) is 4.62. The molecule has 0 spiro atoms. The topological polar surface area (TPSA) is 118 Å². The minimum atomic E-state index is -3.81. The third-order valence-corrected chi connectivity index (χ3v) is 4.96. The maximum absolute atomic E-state index is 12.0. The van der Waals surface area contributed by atoms with Gasteiger partial charge >= 0.3 is 0 Å². The van der Waals surface area contributed by atoms with Crippen LogP contribution in [0.1, 0.15) is 25.1 Å². The number of carbonyl (C=O) groups excluding carboxylic acids is 1. The van der Waals surface area contributed by atoms with E-state index in [1.807, 2.05) is 0 Å². The van der Waals surface area contributed by atoms with Gasteiger partial charge in [-0.1, -0.05) is 0 Å². The van der Waals surface area contributed by atoms with E-state index >= 15 is 0 Å². The Labute approximate surface area is 141 Å². The average molecular weight is 352 g/mol. The molecule has 0 saturated heterocycles. The number of hydrogen-bond acceptors (Lipinski definition) is 6. The van der Waals surface area contributed by atoms with Gasteiger partial charge in [-0.05, 0) is 6.92 Å². The second kappa shape index (κ2) is 7.11. The van der Waals surface area contributed by atoms with Gasteiger partial charge in [0.1, 0.15) is 5.82 Å². The number of nitrogens with one attached hydrogen (secondary N) is 2. The van der Waals surface area contributed by atoms with Crippen LogP contribution in [-0.4, -0.2) is 42.6 Å². The van der Waals surface area contributed by atoms with E-state index in [0.717, 1.165) is 0 Å². The summed E-state index contributed by atoms with van der Waals surface area (Å²) >= 11 is 0. The van der Waals surface area contributed by atoms with Gasteiger partial charge in [-0.25, -0.2) is 18.1 Å². The van der Waals surface area contributed by atoms with Crippen molar-refractivity contribution in [3.8, 4) is 12.3 Å². The summed E-state index contributed by atoms with van der Waals surface area (Å²) in [6.07, 6.45) is 8.37. The van der Waals surface area contributed by atoms with Crippen molar-refractivity contribution in [3.63, 3.8) is 0 Å². The molecule has 0 fully saturated rings. The van der Waals surface area contributed by atoms with E-state index in [1.165, 1.54) is 6.20 Å². The van der Waals surface area contributed by atoms with Crippen LogP contribution < -0.4 is 10.0 Å². The molecule has 0 unspecified atom stereocenters. The summed E-state index contributed by atoms with van der Waals surface area (Å²) in [6.45, 7) is 1.68. The largest absolute Gasteiger partial charge is 0.355 e. The first-order chi connectivity index (χ1) is 11.3. The zero-order valence-electron chi connectivity index (χ0n) is 13.6. The lowest BCUT2D eigenvalue weighted by Gasteiger charge is -2.10. The minimum absolute atomic E-state index is 0.112. The molecule has 2 rings (SSSR count). The number of sulfonamides is 1. The number of aryl methyl sites for hydroxylation is 2.